The summed E-state index contributed by atoms with van der Waals surface area (Å²) in [5.41, 5.74) is 5.14. The Morgan fingerprint density at radius 1 is 0.949 bits per heavy atom. The molecule has 1 unspecified atom stereocenters. The minimum atomic E-state index is -1.51. The van der Waals surface area contributed by atoms with Gasteiger partial charge < -0.3 is 29.5 Å². The van der Waals surface area contributed by atoms with Crippen molar-refractivity contribution >= 4 is 41.4 Å². The standard InChI is InChI=1S/C26H33N3O2.C4H4O4/c1-22(30)31-21-20-28-15-6-14-27(18-19-28)16-7-17-29-25-10-4-2-8-23(25)12-13-24-9-3-5-11-26(24)29;5-3(6)1-2-4(7)8/h2-5,8-13H,6-7,14-21H2,1H3;1-2H,(H,5,6)(H,7,8)/b;2-1+. The number of carboxylic acids is 2. The number of ether oxygens (including phenoxy) is 1. The molecule has 0 spiro atoms. The van der Waals surface area contributed by atoms with Crippen molar-refractivity contribution in [3.63, 3.8) is 0 Å². The van der Waals surface area contributed by atoms with Crippen molar-refractivity contribution in [2.75, 3.05) is 57.3 Å². The average Bonchev–Trinajstić information content (AvgIpc) is 3.23. The van der Waals surface area contributed by atoms with Gasteiger partial charge in [-0.3, -0.25) is 9.69 Å². The highest BCUT2D eigenvalue weighted by atomic mass is 16.5. The molecule has 2 aromatic rings. The van der Waals surface area contributed by atoms with Crippen LogP contribution in [0.15, 0.2) is 60.7 Å². The average molecular weight is 536 g/mol. The highest BCUT2D eigenvalue weighted by Crippen LogP contribution is 2.36. The fourth-order valence-electron chi connectivity index (χ4n) is 4.81. The van der Waals surface area contributed by atoms with E-state index in [1.54, 1.807) is 4.90 Å². The lowest BCUT2D eigenvalue weighted by Crippen LogP contribution is -3.12. The lowest BCUT2D eigenvalue weighted by molar-refractivity contribution is -0.898. The van der Waals surface area contributed by atoms with Crippen LogP contribution in [0.1, 0.15) is 30.9 Å². The molecule has 0 radical (unpaired) electrons. The Labute approximate surface area is 229 Å². The van der Waals surface area contributed by atoms with Crippen LogP contribution in [-0.2, 0) is 19.1 Å². The summed E-state index contributed by atoms with van der Waals surface area (Å²) >= 11 is 0. The maximum atomic E-state index is 11.0. The maximum Gasteiger partial charge on any atom is 0.328 e. The molecule has 0 aliphatic carbocycles. The lowest BCUT2D eigenvalue weighted by Gasteiger charge is -2.28. The van der Waals surface area contributed by atoms with Crippen LogP contribution in [0.2, 0.25) is 0 Å². The highest BCUT2D eigenvalue weighted by molar-refractivity contribution is 5.89. The van der Waals surface area contributed by atoms with Crippen LogP contribution >= 0.6 is 0 Å². The SMILES string of the molecule is CC(=O)OCC[NH+]1CCCN(CCCN2c3ccccc3C=Cc3ccccc32)CC1.O=C([O-])/C=C/C(=O)O. The first-order valence-electron chi connectivity index (χ1n) is 13.3. The van der Waals surface area contributed by atoms with Crippen molar-refractivity contribution in [1.29, 1.82) is 0 Å². The molecule has 0 amide bonds. The number of carboxylic acid groups (broad SMARTS) is 2. The van der Waals surface area contributed by atoms with Gasteiger partial charge in [0.25, 0.3) is 0 Å². The number of nitrogens with one attached hydrogen (secondary N) is 1. The van der Waals surface area contributed by atoms with Gasteiger partial charge in [-0.25, -0.2) is 4.79 Å². The van der Waals surface area contributed by atoms with Gasteiger partial charge >= 0.3 is 11.9 Å². The number of nitrogens with zero attached hydrogens (tertiary/aromatic N) is 2. The van der Waals surface area contributed by atoms with Crippen LogP contribution in [0.25, 0.3) is 12.2 Å². The van der Waals surface area contributed by atoms with Crippen LogP contribution in [0, 0.1) is 0 Å². The monoisotopic (exact) mass is 535 g/mol. The molecule has 2 aliphatic heterocycles. The molecule has 0 aromatic heterocycles. The maximum absolute atomic E-state index is 11.0. The number of rotatable bonds is 9. The van der Waals surface area contributed by atoms with Gasteiger partial charge in [0.1, 0.15) is 13.2 Å². The number of carbonyl (C=O) groups excluding carboxylic acids is 2. The summed E-state index contributed by atoms with van der Waals surface area (Å²) in [5.74, 6) is -2.98. The second-order valence-electron chi connectivity index (χ2n) is 9.48. The van der Waals surface area contributed by atoms with E-state index in [9.17, 15) is 19.5 Å². The Kier molecular flexibility index (Phi) is 11.7. The van der Waals surface area contributed by atoms with Crippen molar-refractivity contribution in [3.05, 3.63) is 71.8 Å². The summed E-state index contributed by atoms with van der Waals surface area (Å²) in [5, 5.41) is 17.2. The highest BCUT2D eigenvalue weighted by Gasteiger charge is 2.20. The van der Waals surface area contributed by atoms with Gasteiger partial charge in [-0.2, -0.15) is 0 Å². The second kappa shape index (κ2) is 15.5. The van der Waals surface area contributed by atoms with Crippen molar-refractivity contribution < 1.29 is 34.2 Å². The molecule has 9 nitrogen and oxygen atoms in total. The Bertz CT molecular complexity index is 1110. The van der Waals surface area contributed by atoms with Crippen molar-refractivity contribution in [2.24, 2.45) is 0 Å². The van der Waals surface area contributed by atoms with E-state index in [2.05, 4.69) is 70.5 Å². The number of quaternary nitrogens is 1. The van der Waals surface area contributed by atoms with E-state index in [4.69, 9.17) is 9.84 Å². The van der Waals surface area contributed by atoms with Gasteiger partial charge in [0.2, 0.25) is 0 Å². The van der Waals surface area contributed by atoms with E-state index in [0.29, 0.717) is 18.8 Å². The number of para-hydroxylation sites is 2. The topological polar surface area (TPSA) is 115 Å². The third-order valence-electron chi connectivity index (χ3n) is 6.66. The molecule has 1 atom stereocenters. The Morgan fingerprint density at radius 3 is 2.15 bits per heavy atom. The van der Waals surface area contributed by atoms with Gasteiger partial charge in [-0.15, -0.1) is 0 Å². The van der Waals surface area contributed by atoms with E-state index in [0.717, 1.165) is 52.2 Å². The van der Waals surface area contributed by atoms with Gasteiger partial charge in [-0.1, -0.05) is 48.6 Å². The zero-order valence-corrected chi connectivity index (χ0v) is 22.4. The molecule has 2 aliphatic rings. The number of aliphatic carboxylic acids is 2. The zero-order chi connectivity index (χ0) is 28.0. The third-order valence-corrected chi connectivity index (χ3v) is 6.66. The minimum absolute atomic E-state index is 0.178. The van der Waals surface area contributed by atoms with Crippen molar-refractivity contribution in [1.82, 2.24) is 4.90 Å². The predicted molar refractivity (Wildman–Crippen MR) is 148 cm³/mol. The van der Waals surface area contributed by atoms with Crippen LogP contribution in [-0.4, -0.2) is 80.3 Å². The zero-order valence-electron chi connectivity index (χ0n) is 22.4. The molecule has 1 fully saturated rings. The van der Waals surface area contributed by atoms with Gasteiger partial charge in [0.05, 0.1) is 19.1 Å². The summed E-state index contributed by atoms with van der Waals surface area (Å²) < 4.78 is 5.13. The van der Waals surface area contributed by atoms with Crippen LogP contribution in [0.4, 0.5) is 11.4 Å². The fourth-order valence-corrected chi connectivity index (χ4v) is 4.81. The van der Waals surface area contributed by atoms with Gasteiger partial charge in [-0.05, 0) is 35.8 Å². The molecule has 0 bridgehead atoms. The summed E-state index contributed by atoms with van der Waals surface area (Å²) in [6, 6.07) is 17.4. The first kappa shape index (κ1) is 29.6. The number of hydrogen-bond donors (Lipinski definition) is 2. The molecule has 2 heterocycles. The van der Waals surface area contributed by atoms with Gasteiger partial charge in [0.15, 0.2) is 0 Å². The molecule has 1 saturated heterocycles. The molecule has 39 heavy (non-hydrogen) atoms. The van der Waals surface area contributed by atoms with Gasteiger partial charge in [0, 0.05) is 57.0 Å². The number of esters is 1. The van der Waals surface area contributed by atoms with Crippen molar-refractivity contribution in [3.8, 4) is 0 Å². The molecule has 2 aromatic carbocycles. The third kappa shape index (κ3) is 10.0. The minimum Gasteiger partial charge on any atom is -0.545 e. The second-order valence-corrected chi connectivity index (χ2v) is 9.48. The number of carbonyl (C=O) groups is 3. The van der Waals surface area contributed by atoms with E-state index in [-0.39, 0.29) is 5.97 Å². The van der Waals surface area contributed by atoms with E-state index in [1.807, 2.05) is 0 Å². The van der Waals surface area contributed by atoms with E-state index < -0.39 is 11.9 Å². The van der Waals surface area contributed by atoms with E-state index >= 15 is 0 Å². The summed E-state index contributed by atoms with van der Waals surface area (Å²) in [4.78, 5) is 36.6. The largest absolute Gasteiger partial charge is 0.545 e. The Hall–Kier alpha value is -3.95. The summed E-state index contributed by atoms with van der Waals surface area (Å²) in [7, 11) is 0. The predicted octanol–water partition coefficient (Wildman–Crippen LogP) is 1.23. The smallest absolute Gasteiger partial charge is 0.328 e. The number of hydrogen-bond acceptors (Lipinski definition) is 7. The Morgan fingerprint density at radius 2 is 1.59 bits per heavy atom. The number of fused-ring (bicyclic) bond motifs is 2. The Balaban J connectivity index is 0.000000459. The first-order chi connectivity index (χ1) is 18.8. The van der Waals surface area contributed by atoms with Crippen LogP contribution in [0.3, 0.4) is 0 Å². The molecular formula is C30H37N3O6. The van der Waals surface area contributed by atoms with E-state index in [1.165, 1.54) is 35.8 Å². The molecule has 208 valence electrons. The molecule has 2 N–H and O–H groups in total. The molecule has 9 heteroatoms. The van der Waals surface area contributed by atoms with Crippen LogP contribution in [0.5, 0.6) is 0 Å². The molecular weight excluding hydrogens is 498 g/mol. The fraction of sp³-hybridized carbons (Fsp3) is 0.367. The molecule has 4 rings (SSSR count). The quantitative estimate of drug-likeness (QED) is 0.364. The van der Waals surface area contributed by atoms with Crippen molar-refractivity contribution in [2.45, 2.75) is 19.8 Å². The summed E-state index contributed by atoms with van der Waals surface area (Å²) in [6.45, 7) is 9.62. The number of benzene rings is 2. The normalized spacial score (nSPS) is 16.7. The lowest BCUT2D eigenvalue weighted by atomic mass is 10.1. The number of anilines is 2. The summed E-state index contributed by atoms with van der Waals surface area (Å²) in [6.07, 6.45) is 7.74. The van der Waals surface area contributed by atoms with Crippen LogP contribution < -0.4 is 14.9 Å². The first-order valence-corrected chi connectivity index (χ1v) is 13.3. The molecule has 0 saturated carbocycles.